The molecule has 1 aromatic carbocycles. The number of aromatic amines is 1. The zero-order valence-electron chi connectivity index (χ0n) is 11.8. The molecule has 0 atom stereocenters. The summed E-state index contributed by atoms with van der Waals surface area (Å²) in [7, 11) is 2.07. The Hall–Kier alpha value is -2.81. The first-order chi connectivity index (χ1) is 10.2. The number of rotatable bonds is 1. The van der Waals surface area contributed by atoms with Crippen LogP contribution < -0.4 is 10.6 Å². The van der Waals surface area contributed by atoms with Crippen LogP contribution in [0.3, 0.4) is 0 Å². The monoisotopic (exact) mass is 273 g/mol. The first-order valence-electron chi connectivity index (χ1n) is 6.91. The standard InChI is InChI=1S/C18H15N3/c1-12-16(15-7-5-9-19-18(15)20-12)10-13-11-21(2)17-8-4-3-6-14(13)17/h3-11H,1H2,2H3,(H,19,20)/b16-10+. The predicted octanol–water partition coefficient (Wildman–Crippen LogP) is 2.29. The van der Waals surface area contributed by atoms with Crippen molar-refractivity contribution < 1.29 is 0 Å². The average Bonchev–Trinajstić information content (AvgIpc) is 2.99. The smallest absolute Gasteiger partial charge is 0.138 e. The second-order valence-electron chi connectivity index (χ2n) is 5.27. The topological polar surface area (TPSA) is 33.6 Å². The van der Waals surface area contributed by atoms with Gasteiger partial charge in [0.05, 0.1) is 0 Å². The summed E-state index contributed by atoms with van der Waals surface area (Å²) in [4.78, 5) is 7.59. The van der Waals surface area contributed by atoms with Gasteiger partial charge in [-0.2, -0.15) is 0 Å². The van der Waals surface area contributed by atoms with E-state index in [-0.39, 0.29) is 0 Å². The van der Waals surface area contributed by atoms with Crippen LogP contribution in [-0.4, -0.2) is 14.5 Å². The molecule has 0 aliphatic heterocycles. The van der Waals surface area contributed by atoms with E-state index in [2.05, 4.69) is 70.8 Å². The normalized spacial score (nSPS) is 12.5. The molecule has 0 amide bonds. The fourth-order valence-corrected chi connectivity index (χ4v) is 2.90. The molecule has 3 heterocycles. The average molecular weight is 273 g/mol. The van der Waals surface area contributed by atoms with E-state index < -0.39 is 0 Å². The van der Waals surface area contributed by atoms with E-state index in [0.29, 0.717) is 0 Å². The van der Waals surface area contributed by atoms with Crippen LogP contribution in [0.1, 0.15) is 5.56 Å². The fourth-order valence-electron chi connectivity index (χ4n) is 2.90. The summed E-state index contributed by atoms with van der Waals surface area (Å²) in [6, 6.07) is 12.4. The van der Waals surface area contributed by atoms with Crippen LogP contribution in [0.15, 0.2) is 48.8 Å². The molecular formula is C18H15N3. The van der Waals surface area contributed by atoms with Gasteiger partial charge in [-0.05, 0) is 24.3 Å². The molecule has 4 rings (SSSR count). The number of aromatic nitrogens is 3. The number of para-hydroxylation sites is 1. The molecule has 0 bridgehead atoms. The van der Waals surface area contributed by atoms with Crippen LogP contribution in [0.5, 0.6) is 0 Å². The Bertz CT molecular complexity index is 1070. The zero-order chi connectivity index (χ0) is 14.4. The molecule has 0 aliphatic rings. The Morgan fingerprint density at radius 1 is 1.14 bits per heavy atom. The summed E-state index contributed by atoms with van der Waals surface area (Å²) in [5.41, 5.74) is 3.31. The number of nitrogens with one attached hydrogen (secondary N) is 1. The molecule has 0 saturated carbocycles. The molecule has 4 aromatic rings. The van der Waals surface area contributed by atoms with Crippen LogP contribution in [0.25, 0.3) is 34.6 Å². The Kier molecular flexibility index (Phi) is 2.48. The van der Waals surface area contributed by atoms with Gasteiger partial charge in [0.2, 0.25) is 0 Å². The van der Waals surface area contributed by atoms with Gasteiger partial charge in [-0.25, -0.2) is 4.98 Å². The summed E-state index contributed by atoms with van der Waals surface area (Å²) in [6.45, 7) is 4.11. The van der Waals surface area contributed by atoms with E-state index in [1.807, 2.05) is 6.07 Å². The molecule has 0 aliphatic carbocycles. The van der Waals surface area contributed by atoms with Crippen LogP contribution >= 0.6 is 0 Å². The molecule has 0 saturated heterocycles. The third-order valence-corrected chi connectivity index (χ3v) is 3.92. The highest BCUT2D eigenvalue weighted by Crippen LogP contribution is 2.20. The minimum Gasteiger partial charge on any atom is -0.350 e. The Morgan fingerprint density at radius 3 is 2.86 bits per heavy atom. The summed E-state index contributed by atoms with van der Waals surface area (Å²) in [5.74, 6) is 0. The summed E-state index contributed by atoms with van der Waals surface area (Å²) in [6.07, 6.45) is 6.13. The summed E-state index contributed by atoms with van der Waals surface area (Å²) >= 11 is 0. The SMILES string of the molecule is C=c1[nH]c2ncccc2/c1=C/c1cn(C)c2ccccc12. The number of benzene rings is 1. The van der Waals surface area contributed by atoms with Crippen molar-refractivity contribution in [3.8, 4) is 0 Å². The van der Waals surface area contributed by atoms with E-state index in [1.165, 1.54) is 16.5 Å². The van der Waals surface area contributed by atoms with E-state index >= 15 is 0 Å². The molecule has 0 spiro atoms. The maximum atomic E-state index is 4.35. The minimum absolute atomic E-state index is 0.883. The fraction of sp³-hybridized carbons (Fsp3) is 0.0556. The van der Waals surface area contributed by atoms with Gasteiger partial charge in [0.25, 0.3) is 0 Å². The van der Waals surface area contributed by atoms with Gasteiger partial charge in [0, 0.05) is 51.9 Å². The van der Waals surface area contributed by atoms with E-state index in [0.717, 1.165) is 21.6 Å². The molecule has 0 fully saturated rings. The molecule has 21 heavy (non-hydrogen) atoms. The first-order valence-corrected chi connectivity index (χ1v) is 6.91. The van der Waals surface area contributed by atoms with Crippen molar-refractivity contribution in [2.75, 3.05) is 0 Å². The van der Waals surface area contributed by atoms with E-state index in [1.54, 1.807) is 6.20 Å². The maximum absolute atomic E-state index is 4.35. The maximum Gasteiger partial charge on any atom is 0.138 e. The summed E-state index contributed by atoms with van der Waals surface area (Å²) in [5, 5.41) is 4.36. The van der Waals surface area contributed by atoms with Gasteiger partial charge in [0.1, 0.15) is 5.65 Å². The lowest BCUT2D eigenvalue weighted by Gasteiger charge is -1.93. The van der Waals surface area contributed by atoms with Gasteiger partial charge in [-0.3, -0.25) is 0 Å². The lowest BCUT2D eigenvalue weighted by atomic mass is 10.1. The van der Waals surface area contributed by atoms with Crippen molar-refractivity contribution >= 4 is 34.6 Å². The van der Waals surface area contributed by atoms with Gasteiger partial charge in [0.15, 0.2) is 0 Å². The lowest BCUT2D eigenvalue weighted by molar-refractivity contribution is 0.968. The van der Waals surface area contributed by atoms with Gasteiger partial charge < -0.3 is 9.55 Å². The molecule has 3 aromatic heterocycles. The predicted molar refractivity (Wildman–Crippen MR) is 87.4 cm³/mol. The van der Waals surface area contributed by atoms with Crippen molar-refractivity contribution in [3.63, 3.8) is 0 Å². The van der Waals surface area contributed by atoms with Crippen LogP contribution in [0.4, 0.5) is 0 Å². The third-order valence-electron chi connectivity index (χ3n) is 3.92. The quantitative estimate of drug-likeness (QED) is 0.567. The highest BCUT2D eigenvalue weighted by molar-refractivity contribution is 5.90. The highest BCUT2D eigenvalue weighted by Gasteiger charge is 2.05. The van der Waals surface area contributed by atoms with Crippen molar-refractivity contribution in [1.29, 1.82) is 0 Å². The lowest BCUT2D eigenvalue weighted by Crippen LogP contribution is -2.20. The number of hydrogen-bond acceptors (Lipinski definition) is 1. The van der Waals surface area contributed by atoms with Crippen molar-refractivity contribution in [3.05, 3.63) is 64.9 Å². The number of nitrogens with zero attached hydrogens (tertiary/aromatic N) is 2. The number of fused-ring (bicyclic) bond motifs is 2. The Balaban J connectivity index is 2.10. The third kappa shape index (κ3) is 1.78. The molecule has 0 unspecified atom stereocenters. The van der Waals surface area contributed by atoms with E-state index in [4.69, 9.17) is 0 Å². The van der Waals surface area contributed by atoms with Gasteiger partial charge >= 0.3 is 0 Å². The second kappa shape index (κ2) is 4.35. The largest absolute Gasteiger partial charge is 0.350 e. The van der Waals surface area contributed by atoms with Crippen molar-refractivity contribution in [2.45, 2.75) is 0 Å². The zero-order valence-corrected chi connectivity index (χ0v) is 11.8. The minimum atomic E-state index is 0.883. The van der Waals surface area contributed by atoms with Gasteiger partial charge in [-0.15, -0.1) is 0 Å². The Morgan fingerprint density at radius 2 is 1.95 bits per heavy atom. The van der Waals surface area contributed by atoms with Crippen LogP contribution in [0, 0.1) is 0 Å². The number of H-pyrrole nitrogens is 1. The first kappa shape index (κ1) is 12.0. The summed E-state index contributed by atoms with van der Waals surface area (Å²) < 4.78 is 2.15. The Labute approximate surface area is 121 Å². The molecule has 3 heteroatoms. The molecular weight excluding hydrogens is 258 g/mol. The van der Waals surface area contributed by atoms with Crippen molar-refractivity contribution in [2.24, 2.45) is 7.05 Å². The van der Waals surface area contributed by atoms with Crippen LogP contribution in [0.2, 0.25) is 0 Å². The number of aryl methyl sites for hydroxylation is 1. The molecule has 102 valence electrons. The molecule has 1 N–H and O–H groups in total. The second-order valence-corrected chi connectivity index (χ2v) is 5.27. The highest BCUT2D eigenvalue weighted by atomic mass is 14.9. The number of pyridine rings is 1. The van der Waals surface area contributed by atoms with Gasteiger partial charge in [-0.1, -0.05) is 24.8 Å². The molecule has 3 nitrogen and oxygen atoms in total. The van der Waals surface area contributed by atoms with Crippen LogP contribution in [-0.2, 0) is 7.05 Å². The van der Waals surface area contributed by atoms with Crippen molar-refractivity contribution in [1.82, 2.24) is 14.5 Å². The van der Waals surface area contributed by atoms with E-state index in [9.17, 15) is 0 Å². The molecule has 0 radical (unpaired) electrons. The number of hydrogen-bond donors (Lipinski definition) is 1.